The minimum atomic E-state index is 0.760. The standard InChI is InChI=1S/C41H68/c1-3-5-7-9-10-13-19-30-39(28-18-12-8-6-4-2)33-26-27-37-41(40-35-24-17-25-36-40)34-23-15-11-14-20-29-38-31-21-16-22-32-38/h16-17,21-22,24-25,31-32,35-36,39,41H,3-15,18-20,23,26-30,33-34,37H2,1-2H3. The van der Waals surface area contributed by atoms with Gasteiger partial charge < -0.3 is 0 Å². The molecule has 232 valence electrons. The van der Waals surface area contributed by atoms with Crippen LogP contribution in [0.5, 0.6) is 0 Å². The number of hydrogen-bond acceptors (Lipinski definition) is 0. The summed E-state index contributed by atoms with van der Waals surface area (Å²) in [4.78, 5) is 0. The maximum Gasteiger partial charge on any atom is -0.0162 e. The first kappa shape index (κ1) is 35.6. The molecule has 0 radical (unpaired) electrons. The summed E-state index contributed by atoms with van der Waals surface area (Å²) < 4.78 is 0. The third kappa shape index (κ3) is 19.3. The maximum atomic E-state index is 2.39. The number of rotatable bonds is 28. The van der Waals surface area contributed by atoms with Crippen LogP contribution in [0.4, 0.5) is 0 Å². The molecule has 41 heavy (non-hydrogen) atoms. The molecular formula is C41H68. The topological polar surface area (TPSA) is 0 Å². The summed E-state index contributed by atoms with van der Waals surface area (Å²) in [6, 6.07) is 22.5. The van der Waals surface area contributed by atoms with Gasteiger partial charge in [-0.25, -0.2) is 0 Å². The van der Waals surface area contributed by atoms with Gasteiger partial charge in [0, 0.05) is 0 Å². The molecule has 2 aromatic carbocycles. The number of hydrogen-bond donors (Lipinski definition) is 0. The van der Waals surface area contributed by atoms with E-state index in [9.17, 15) is 0 Å². The lowest BCUT2D eigenvalue weighted by atomic mass is 9.86. The van der Waals surface area contributed by atoms with E-state index in [2.05, 4.69) is 74.5 Å². The molecule has 2 atom stereocenters. The van der Waals surface area contributed by atoms with Crippen molar-refractivity contribution in [2.45, 2.75) is 180 Å². The van der Waals surface area contributed by atoms with Gasteiger partial charge in [0.05, 0.1) is 0 Å². The van der Waals surface area contributed by atoms with E-state index < -0.39 is 0 Å². The van der Waals surface area contributed by atoms with E-state index >= 15 is 0 Å². The summed E-state index contributed by atoms with van der Waals surface area (Å²) in [5.74, 6) is 1.74. The van der Waals surface area contributed by atoms with E-state index in [0.29, 0.717) is 0 Å². The molecule has 0 saturated heterocycles. The van der Waals surface area contributed by atoms with Crippen LogP contribution < -0.4 is 0 Å². The van der Waals surface area contributed by atoms with Crippen LogP contribution in [-0.4, -0.2) is 0 Å². The fourth-order valence-corrected chi connectivity index (χ4v) is 6.78. The number of unbranched alkanes of at least 4 members (excludes halogenated alkanes) is 15. The van der Waals surface area contributed by atoms with Crippen molar-refractivity contribution < 1.29 is 0 Å². The van der Waals surface area contributed by atoms with Crippen molar-refractivity contribution in [2.24, 2.45) is 5.92 Å². The highest BCUT2D eigenvalue weighted by molar-refractivity contribution is 5.19. The quantitative estimate of drug-likeness (QED) is 0.0908. The smallest absolute Gasteiger partial charge is 0.0162 e. The first-order valence-electron chi connectivity index (χ1n) is 18.4. The van der Waals surface area contributed by atoms with Crippen molar-refractivity contribution in [2.75, 3.05) is 0 Å². The van der Waals surface area contributed by atoms with Crippen LogP contribution in [0.3, 0.4) is 0 Å². The molecule has 0 aromatic heterocycles. The van der Waals surface area contributed by atoms with Crippen molar-refractivity contribution >= 4 is 0 Å². The Morgan fingerprint density at radius 2 is 0.780 bits per heavy atom. The molecule has 0 N–H and O–H groups in total. The predicted molar refractivity (Wildman–Crippen MR) is 185 cm³/mol. The Morgan fingerprint density at radius 1 is 0.390 bits per heavy atom. The summed E-state index contributed by atoms with van der Waals surface area (Å²) in [5.41, 5.74) is 3.09. The highest BCUT2D eigenvalue weighted by Crippen LogP contribution is 2.30. The van der Waals surface area contributed by atoms with Crippen LogP contribution in [0.25, 0.3) is 0 Å². The van der Waals surface area contributed by atoms with Gasteiger partial charge in [-0.2, -0.15) is 0 Å². The van der Waals surface area contributed by atoms with Gasteiger partial charge in [0.2, 0.25) is 0 Å². The molecule has 0 nitrogen and oxygen atoms in total. The minimum absolute atomic E-state index is 0.760. The van der Waals surface area contributed by atoms with E-state index in [0.717, 1.165) is 11.8 Å². The molecule has 0 saturated carbocycles. The normalized spacial score (nSPS) is 12.9. The van der Waals surface area contributed by atoms with Gasteiger partial charge in [0.25, 0.3) is 0 Å². The molecular weight excluding hydrogens is 492 g/mol. The lowest BCUT2D eigenvalue weighted by Gasteiger charge is -2.20. The summed E-state index contributed by atoms with van der Waals surface area (Å²) in [5, 5.41) is 0. The highest BCUT2D eigenvalue weighted by Gasteiger charge is 2.13. The highest BCUT2D eigenvalue weighted by atomic mass is 14.2. The molecule has 2 unspecified atom stereocenters. The van der Waals surface area contributed by atoms with E-state index in [1.807, 2.05) is 0 Å². The largest absolute Gasteiger partial charge is 0.0654 e. The SMILES string of the molecule is CCCCCCCCCC(CCCCCCC)CCCCC(CCCCCCCc1ccccc1)c1ccccc1. The molecule has 0 aliphatic rings. The summed E-state index contributed by atoms with van der Waals surface area (Å²) in [6.45, 7) is 4.65. The Morgan fingerprint density at radius 3 is 1.32 bits per heavy atom. The Kier molecular flexibility index (Phi) is 22.7. The maximum absolute atomic E-state index is 2.39. The zero-order valence-electron chi connectivity index (χ0n) is 27.6. The summed E-state index contributed by atoms with van der Waals surface area (Å²) >= 11 is 0. The van der Waals surface area contributed by atoms with Crippen LogP contribution in [0.2, 0.25) is 0 Å². The average Bonchev–Trinajstić information content (AvgIpc) is 3.01. The monoisotopic (exact) mass is 561 g/mol. The van der Waals surface area contributed by atoms with Crippen molar-refractivity contribution in [3.63, 3.8) is 0 Å². The molecule has 0 heterocycles. The molecule has 2 rings (SSSR count). The van der Waals surface area contributed by atoms with Gasteiger partial charge in [-0.1, -0.05) is 209 Å². The molecule has 0 fully saturated rings. The van der Waals surface area contributed by atoms with Crippen molar-refractivity contribution in [1.82, 2.24) is 0 Å². The third-order valence-corrected chi connectivity index (χ3v) is 9.48. The van der Waals surface area contributed by atoms with E-state index in [1.54, 1.807) is 5.56 Å². The Hall–Kier alpha value is -1.56. The fraction of sp³-hybridized carbons (Fsp3) is 0.707. The lowest BCUT2D eigenvalue weighted by molar-refractivity contribution is 0.362. The molecule has 0 amide bonds. The van der Waals surface area contributed by atoms with Crippen LogP contribution in [0.15, 0.2) is 60.7 Å². The number of aryl methyl sites for hydroxylation is 1. The third-order valence-electron chi connectivity index (χ3n) is 9.48. The Labute approximate surface area is 257 Å². The van der Waals surface area contributed by atoms with Crippen molar-refractivity contribution in [3.8, 4) is 0 Å². The van der Waals surface area contributed by atoms with Gasteiger partial charge in [0.1, 0.15) is 0 Å². The average molecular weight is 561 g/mol. The molecule has 2 aromatic rings. The zero-order chi connectivity index (χ0) is 29.1. The van der Waals surface area contributed by atoms with Gasteiger partial charge in [-0.3, -0.25) is 0 Å². The summed E-state index contributed by atoms with van der Waals surface area (Å²) in [7, 11) is 0. The molecule has 0 bridgehead atoms. The van der Waals surface area contributed by atoms with Crippen LogP contribution >= 0.6 is 0 Å². The summed E-state index contributed by atoms with van der Waals surface area (Å²) in [6.07, 6.45) is 35.5. The first-order valence-corrected chi connectivity index (χ1v) is 18.4. The van der Waals surface area contributed by atoms with Gasteiger partial charge in [-0.15, -0.1) is 0 Å². The fourth-order valence-electron chi connectivity index (χ4n) is 6.78. The second-order valence-corrected chi connectivity index (χ2v) is 13.2. The van der Waals surface area contributed by atoms with E-state index in [-0.39, 0.29) is 0 Å². The zero-order valence-corrected chi connectivity index (χ0v) is 27.6. The first-order chi connectivity index (χ1) is 20.3. The van der Waals surface area contributed by atoms with Crippen molar-refractivity contribution in [1.29, 1.82) is 0 Å². The van der Waals surface area contributed by atoms with E-state index in [1.165, 1.54) is 166 Å². The van der Waals surface area contributed by atoms with Crippen LogP contribution in [-0.2, 0) is 6.42 Å². The Balaban J connectivity index is 1.68. The molecule has 0 aliphatic carbocycles. The minimum Gasteiger partial charge on any atom is -0.0654 e. The predicted octanol–water partition coefficient (Wildman–Crippen LogP) is 14.0. The van der Waals surface area contributed by atoms with Gasteiger partial charge >= 0.3 is 0 Å². The van der Waals surface area contributed by atoms with Gasteiger partial charge in [-0.05, 0) is 48.6 Å². The second kappa shape index (κ2) is 26.1. The second-order valence-electron chi connectivity index (χ2n) is 13.2. The van der Waals surface area contributed by atoms with E-state index in [4.69, 9.17) is 0 Å². The van der Waals surface area contributed by atoms with Crippen LogP contribution in [0, 0.1) is 5.92 Å². The molecule has 0 spiro atoms. The lowest BCUT2D eigenvalue weighted by Crippen LogP contribution is -2.03. The van der Waals surface area contributed by atoms with Crippen molar-refractivity contribution in [3.05, 3.63) is 71.8 Å². The van der Waals surface area contributed by atoms with Crippen LogP contribution in [0.1, 0.15) is 185 Å². The Bertz CT molecular complexity index is 778. The molecule has 0 aliphatic heterocycles. The molecule has 0 heteroatoms. The van der Waals surface area contributed by atoms with Gasteiger partial charge in [0.15, 0.2) is 0 Å². The number of benzene rings is 2.